The summed E-state index contributed by atoms with van der Waals surface area (Å²) in [6, 6.07) is 19.8. The Bertz CT molecular complexity index is 1460. The molecule has 3 aromatic carbocycles. The Morgan fingerprint density at radius 2 is 1.82 bits per heavy atom. The number of ether oxygens (including phenoxy) is 1. The van der Waals surface area contributed by atoms with E-state index in [1.165, 1.54) is 47.0 Å². The van der Waals surface area contributed by atoms with Crippen molar-refractivity contribution in [3.05, 3.63) is 89.7 Å². The van der Waals surface area contributed by atoms with E-state index in [9.17, 15) is 18.0 Å². The first-order valence-electron chi connectivity index (χ1n) is 11.1. The normalized spacial score (nSPS) is 15.8. The molecule has 2 heterocycles. The summed E-state index contributed by atoms with van der Waals surface area (Å²) in [7, 11) is 0. The van der Waals surface area contributed by atoms with Crippen molar-refractivity contribution in [2.75, 3.05) is 10.7 Å². The maximum atomic E-state index is 12.4. The van der Waals surface area contributed by atoms with Crippen LogP contribution in [-0.4, -0.2) is 44.5 Å². The SMILES string of the molecule is O=C1CSC(N/N=C/c2ccc(-c3ncn(-c4ccc(OC(F)(F)F)cc4)n3)cc2)N1c1ccccc1Cl. The van der Waals surface area contributed by atoms with Gasteiger partial charge in [-0.25, -0.2) is 9.67 Å². The van der Waals surface area contributed by atoms with E-state index < -0.39 is 6.36 Å². The molecular formula is C25H18ClF3N6O2S. The zero-order valence-corrected chi connectivity index (χ0v) is 20.9. The molecular weight excluding hydrogens is 541 g/mol. The molecule has 13 heteroatoms. The summed E-state index contributed by atoms with van der Waals surface area (Å²) in [5, 5.41) is 9.17. The highest BCUT2D eigenvalue weighted by Gasteiger charge is 2.34. The van der Waals surface area contributed by atoms with E-state index in [0.717, 1.165) is 11.1 Å². The van der Waals surface area contributed by atoms with Gasteiger partial charge in [0.05, 0.1) is 28.4 Å². The van der Waals surface area contributed by atoms with E-state index in [2.05, 4.69) is 25.3 Å². The largest absolute Gasteiger partial charge is 0.573 e. The summed E-state index contributed by atoms with van der Waals surface area (Å²) in [6.07, 6.45) is -1.64. The van der Waals surface area contributed by atoms with Crippen molar-refractivity contribution in [3.8, 4) is 22.8 Å². The maximum Gasteiger partial charge on any atom is 0.573 e. The van der Waals surface area contributed by atoms with Crippen LogP contribution in [0.2, 0.25) is 5.02 Å². The Morgan fingerprint density at radius 1 is 1.08 bits per heavy atom. The number of aromatic nitrogens is 3. The third-order valence-electron chi connectivity index (χ3n) is 5.37. The number of para-hydroxylation sites is 1. The standard InChI is InChI=1S/C25H18ClF3N6O2S/c26-20-3-1-2-4-21(20)35-22(36)14-38-24(35)32-31-13-16-5-7-17(8-6-16)23-30-15-34(33-23)18-9-11-19(12-10-18)37-25(27,28)29/h1-13,15,24,32H,14H2/b31-13+. The first-order valence-corrected chi connectivity index (χ1v) is 12.5. The fourth-order valence-electron chi connectivity index (χ4n) is 3.64. The molecule has 0 saturated carbocycles. The average Bonchev–Trinajstić information content (AvgIpc) is 3.52. The Hall–Kier alpha value is -4.03. The first kappa shape index (κ1) is 25.6. The number of benzene rings is 3. The molecule has 1 aromatic heterocycles. The topological polar surface area (TPSA) is 84.6 Å². The van der Waals surface area contributed by atoms with E-state index in [1.807, 2.05) is 30.3 Å². The lowest BCUT2D eigenvalue weighted by atomic mass is 10.1. The molecule has 5 rings (SSSR count). The number of anilines is 1. The van der Waals surface area contributed by atoms with Crippen molar-refractivity contribution >= 4 is 41.2 Å². The van der Waals surface area contributed by atoms with Crippen molar-refractivity contribution in [3.63, 3.8) is 0 Å². The smallest absolute Gasteiger partial charge is 0.406 e. The molecule has 38 heavy (non-hydrogen) atoms. The zero-order valence-electron chi connectivity index (χ0n) is 19.3. The van der Waals surface area contributed by atoms with Gasteiger partial charge in [0.1, 0.15) is 12.1 Å². The third-order valence-corrected chi connectivity index (χ3v) is 6.74. The maximum absolute atomic E-state index is 12.4. The minimum absolute atomic E-state index is 0.0577. The number of carbonyl (C=O) groups excluding carboxylic acids is 1. The minimum Gasteiger partial charge on any atom is -0.406 e. The highest BCUT2D eigenvalue weighted by molar-refractivity contribution is 8.01. The van der Waals surface area contributed by atoms with Crippen LogP contribution in [0.3, 0.4) is 0 Å². The van der Waals surface area contributed by atoms with Crippen molar-refractivity contribution in [1.82, 2.24) is 20.2 Å². The molecule has 1 atom stereocenters. The van der Waals surface area contributed by atoms with Crippen molar-refractivity contribution in [1.29, 1.82) is 0 Å². The van der Waals surface area contributed by atoms with Gasteiger partial charge in [0.25, 0.3) is 0 Å². The lowest BCUT2D eigenvalue weighted by molar-refractivity contribution is -0.274. The van der Waals surface area contributed by atoms with Gasteiger partial charge in [0, 0.05) is 5.56 Å². The summed E-state index contributed by atoms with van der Waals surface area (Å²) >= 11 is 7.69. The monoisotopic (exact) mass is 558 g/mol. The second-order valence-corrected chi connectivity index (χ2v) is 9.42. The van der Waals surface area contributed by atoms with Gasteiger partial charge in [-0.15, -0.1) is 30.0 Å². The third kappa shape index (κ3) is 5.92. The van der Waals surface area contributed by atoms with Gasteiger partial charge in [-0.05, 0) is 42.0 Å². The van der Waals surface area contributed by atoms with Gasteiger partial charge >= 0.3 is 6.36 Å². The van der Waals surface area contributed by atoms with E-state index in [0.29, 0.717) is 28.0 Å². The molecule has 0 spiro atoms. The average molecular weight is 559 g/mol. The highest BCUT2D eigenvalue weighted by Crippen LogP contribution is 2.34. The van der Waals surface area contributed by atoms with Crippen molar-refractivity contribution in [2.45, 2.75) is 11.9 Å². The van der Waals surface area contributed by atoms with Crippen molar-refractivity contribution in [2.24, 2.45) is 5.10 Å². The molecule has 0 aliphatic carbocycles. The summed E-state index contributed by atoms with van der Waals surface area (Å²) in [4.78, 5) is 18.3. The van der Waals surface area contributed by atoms with Gasteiger partial charge in [0.15, 0.2) is 11.3 Å². The van der Waals surface area contributed by atoms with Gasteiger partial charge in [-0.1, -0.05) is 48.0 Å². The Morgan fingerprint density at radius 3 is 2.53 bits per heavy atom. The van der Waals surface area contributed by atoms with Gasteiger partial charge in [-0.3, -0.25) is 15.1 Å². The molecule has 1 aliphatic heterocycles. The van der Waals surface area contributed by atoms with Crippen molar-refractivity contribution < 1.29 is 22.7 Å². The zero-order chi connectivity index (χ0) is 26.7. The molecule has 1 amide bonds. The molecule has 194 valence electrons. The second kappa shape index (κ2) is 10.8. The number of thioether (sulfide) groups is 1. The van der Waals surface area contributed by atoms with Crippen LogP contribution in [0, 0.1) is 0 Å². The summed E-state index contributed by atoms with van der Waals surface area (Å²) in [5.74, 6) is 0.386. The molecule has 1 unspecified atom stereocenters. The summed E-state index contributed by atoms with van der Waals surface area (Å²) in [5.41, 5.74) is 5.31. The number of alkyl halides is 3. The number of hydrogen-bond acceptors (Lipinski definition) is 7. The number of halogens is 4. The Balaban J connectivity index is 1.22. The molecule has 1 fully saturated rings. The van der Waals surface area contributed by atoms with Gasteiger partial charge in [0.2, 0.25) is 5.91 Å². The predicted octanol–water partition coefficient (Wildman–Crippen LogP) is 5.47. The van der Waals surface area contributed by atoms with Crippen LogP contribution in [0.25, 0.3) is 17.1 Å². The van der Waals surface area contributed by atoms with Crippen LogP contribution in [0.5, 0.6) is 5.75 Å². The van der Waals surface area contributed by atoms with Crippen LogP contribution >= 0.6 is 23.4 Å². The second-order valence-electron chi connectivity index (χ2n) is 7.94. The van der Waals surface area contributed by atoms with E-state index >= 15 is 0 Å². The van der Waals surface area contributed by atoms with Crippen LogP contribution in [0.4, 0.5) is 18.9 Å². The number of nitrogens with zero attached hydrogens (tertiary/aromatic N) is 5. The molecule has 0 radical (unpaired) electrons. The fraction of sp³-hybridized carbons (Fsp3) is 0.120. The number of nitrogens with one attached hydrogen (secondary N) is 1. The molecule has 4 aromatic rings. The number of carbonyl (C=O) groups is 1. The summed E-state index contributed by atoms with van der Waals surface area (Å²) < 4.78 is 42.4. The lowest BCUT2D eigenvalue weighted by Gasteiger charge is -2.24. The molecule has 1 aliphatic rings. The van der Waals surface area contributed by atoms with Crippen LogP contribution < -0.4 is 15.1 Å². The van der Waals surface area contributed by atoms with E-state index in [-0.39, 0.29) is 17.2 Å². The molecule has 1 N–H and O–H groups in total. The van der Waals surface area contributed by atoms with Crippen LogP contribution in [0.15, 0.2) is 84.2 Å². The number of rotatable bonds is 7. The number of amides is 1. The Labute approximate surface area is 224 Å². The van der Waals surface area contributed by atoms with Gasteiger partial charge < -0.3 is 4.74 Å². The lowest BCUT2D eigenvalue weighted by Crippen LogP contribution is -2.40. The predicted molar refractivity (Wildman–Crippen MR) is 139 cm³/mol. The van der Waals surface area contributed by atoms with Crippen LogP contribution in [0.1, 0.15) is 5.56 Å². The van der Waals surface area contributed by atoms with E-state index in [1.54, 1.807) is 29.3 Å². The number of hydrazone groups is 1. The number of hydrogen-bond donors (Lipinski definition) is 1. The Kier molecular flexibility index (Phi) is 7.25. The van der Waals surface area contributed by atoms with Crippen LogP contribution in [-0.2, 0) is 4.79 Å². The minimum atomic E-state index is -4.75. The molecule has 8 nitrogen and oxygen atoms in total. The highest BCUT2D eigenvalue weighted by atomic mass is 35.5. The van der Waals surface area contributed by atoms with Gasteiger partial charge in [-0.2, -0.15) is 5.10 Å². The molecule has 0 bridgehead atoms. The molecule has 1 saturated heterocycles. The fourth-order valence-corrected chi connectivity index (χ4v) is 4.82. The van der Waals surface area contributed by atoms with E-state index in [4.69, 9.17) is 11.6 Å². The first-order chi connectivity index (χ1) is 18.3. The quantitative estimate of drug-likeness (QED) is 0.239. The summed E-state index contributed by atoms with van der Waals surface area (Å²) in [6.45, 7) is 0.